The first-order chi connectivity index (χ1) is 13.5. The number of Topliss-reactive ketones (excluding diaryl/α,β-unsaturated/α-hetero) is 1. The SMILES string of the molecule is CC(=O)c1ccccc1OC(=O)CCN1C(=O)[C@H]2[C@@H]3C=C[C@@H]([C@H]4C[C@H]34)[C@@H]2C1=O. The number of allylic oxidation sites excluding steroid dienone is 2. The van der Waals surface area contributed by atoms with Crippen molar-refractivity contribution in [3.8, 4) is 5.75 Å². The van der Waals surface area contributed by atoms with E-state index in [0.29, 0.717) is 17.4 Å². The van der Waals surface area contributed by atoms with Crippen molar-refractivity contribution in [2.45, 2.75) is 19.8 Å². The van der Waals surface area contributed by atoms with Crippen LogP contribution >= 0.6 is 0 Å². The average Bonchev–Trinajstić information content (AvgIpc) is 3.46. The molecule has 1 saturated heterocycles. The number of carbonyl (C=O) groups is 4. The van der Waals surface area contributed by atoms with E-state index in [-0.39, 0.29) is 60.0 Å². The first kappa shape index (κ1) is 17.3. The lowest BCUT2D eigenvalue weighted by atomic mass is 9.63. The zero-order chi connectivity index (χ0) is 19.6. The van der Waals surface area contributed by atoms with Crippen LogP contribution in [0.15, 0.2) is 36.4 Å². The number of ketones is 1. The number of ether oxygens (including phenoxy) is 1. The molecule has 2 bridgehead atoms. The minimum atomic E-state index is -0.562. The number of para-hydroxylation sites is 1. The molecule has 0 unspecified atom stereocenters. The summed E-state index contributed by atoms with van der Waals surface area (Å²) in [5.74, 6) is 0.130. The Morgan fingerprint density at radius 2 is 1.64 bits per heavy atom. The molecule has 1 heterocycles. The van der Waals surface area contributed by atoms with Crippen molar-refractivity contribution in [3.63, 3.8) is 0 Å². The number of rotatable bonds is 5. The van der Waals surface area contributed by atoms with Gasteiger partial charge in [0.05, 0.1) is 23.8 Å². The molecule has 28 heavy (non-hydrogen) atoms. The van der Waals surface area contributed by atoms with Crippen molar-refractivity contribution in [2.24, 2.45) is 35.5 Å². The largest absolute Gasteiger partial charge is 0.426 e. The highest BCUT2D eigenvalue weighted by Gasteiger charge is 2.66. The van der Waals surface area contributed by atoms with Gasteiger partial charge < -0.3 is 4.74 Å². The molecule has 1 aromatic rings. The maximum atomic E-state index is 12.9. The molecule has 0 aromatic heterocycles. The van der Waals surface area contributed by atoms with Gasteiger partial charge in [0.15, 0.2) is 5.78 Å². The molecule has 2 amide bonds. The summed E-state index contributed by atoms with van der Waals surface area (Å²) in [7, 11) is 0. The van der Waals surface area contributed by atoms with Gasteiger partial charge in [-0.1, -0.05) is 24.3 Å². The third-order valence-corrected chi connectivity index (χ3v) is 6.78. The van der Waals surface area contributed by atoms with E-state index in [1.54, 1.807) is 24.3 Å². The number of likely N-dealkylation sites (tertiary alicyclic amines) is 1. The minimum Gasteiger partial charge on any atom is -0.426 e. The Bertz CT molecular complexity index is 899. The Kier molecular flexibility index (Phi) is 3.79. The molecule has 3 fully saturated rings. The molecule has 0 radical (unpaired) electrons. The Hall–Kier alpha value is -2.76. The van der Waals surface area contributed by atoms with Crippen LogP contribution in [0.5, 0.6) is 5.75 Å². The lowest BCUT2D eigenvalue weighted by Crippen LogP contribution is -2.40. The highest BCUT2D eigenvalue weighted by Crippen LogP contribution is 2.65. The summed E-state index contributed by atoms with van der Waals surface area (Å²) in [6, 6.07) is 6.54. The van der Waals surface area contributed by atoms with Gasteiger partial charge in [0.25, 0.3) is 0 Å². The van der Waals surface area contributed by atoms with Gasteiger partial charge in [-0.2, -0.15) is 0 Å². The number of benzene rings is 1. The minimum absolute atomic E-state index is 0.0283. The molecule has 6 rings (SSSR count). The molecule has 6 heteroatoms. The van der Waals surface area contributed by atoms with E-state index in [1.165, 1.54) is 11.8 Å². The van der Waals surface area contributed by atoms with Crippen LogP contribution in [0.2, 0.25) is 0 Å². The number of amides is 2. The molecule has 4 aliphatic carbocycles. The highest BCUT2D eigenvalue weighted by atomic mass is 16.5. The van der Waals surface area contributed by atoms with Crippen LogP contribution in [-0.2, 0) is 14.4 Å². The summed E-state index contributed by atoms with van der Waals surface area (Å²) in [6.07, 6.45) is 5.29. The molecule has 6 nitrogen and oxygen atoms in total. The van der Waals surface area contributed by atoms with Crippen LogP contribution < -0.4 is 4.74 Å². The molecule has 2 saturated carbocycles. The van der Waals surface area contributed by atoms with Gasteiger partial charge >= 0.3 is 5.97 Å². The van der Waals surface area contributed by atoms with Crippen LogP contribution in [0.1, 0.15) is 30.1 Å². The van der Waals surface area contributed by atoms with Crippen molar-refractivity contribution in [1.29, 1.82) is 0 Å². The van der Waals surface area contributed by atoms with E-state index in [0.717, 1.165) is 6.42 Å². The van der Waals surface area contributed by atoms with Gasteiger partial charge in [-0.3, -0.25) is 24.1 Å². The molecular weight excluding hydrogens is 358 g/mol. The maximum Gasteiger partial charge on any atom is 0.313 e. The van der Waals surface area contributed by atoms with Crippen LogP contribution in [0.25, 0.3) is 0 Å². The molecule has 0 N–H and O–H groups in total. The number of esters is 1. The van der Waals surface area contributed by atoms with Gasteiger partial charge in [0, 0.05) is 6.54 Å². The molecule has 0 spiro atoms. The summed E-state index contributed by atoms with van der Waals surface area (Å²) in [4.78, 5) is 51.0. The van der Waals surface area contributed by atoms with E-state index in [4.69, 9.17) is 4.74 Å². The summed E-state index contributed by atoms with van der Waals surface area (Å²) < 4.78 is 5.31. The Balaban J connectivity index is 1.26. The molecule has 1 aromatic carbocycles. The first-order valence-electron chi connectivity index (χ1n) is 9.81. The second-order valence-corrected chi connectivity index (χ2v) is 8.26. The van der Waals surface area contributed by atoms with Gasteiger partial charge in [-0.15, -0.1) is 0 Å². The fourth-order valence-corrected chi connectivity index (χ4v) is 5.46. The number of hydrogen-bond donors (Lipinski definition) is 0. The summed E-state index contributed by atoms with van der Waals surface area (Å²) in [5.41, 5.74) is 0.331. The summed E-state index contributed by atoms with van der Waals surface area (Å²) in [6.45, 7) is 1.43. The first-order valence-corrected chi connectivity index (χ1v) is 9.81. The lowest BCUT2D eigenvalue weighted by molar-refractivity contribution is -0.141. The van der Waals surface area contributed by atoms with E-state index < -0.39 is 5.97 Å². The third kappa shape index (κ3) is 2.47. The predicted octanol–water partition coefficient (Wildman–Crippen LogP) is 2.24. The maximum absolute atomic E-state index is 12.9. The second-order valence-electron chi connectivity index (χ2n) is 8.26. The fourth-order valence-electron chi connectivity index (χ4n) is 5.46. The van der Waals surface area contributed by atoms with Crippen LogP contribution in [0, 0.1) is 35.5 Å². The number of nitrogens with zero attached hydrogens (tertiary/aromatic N) is 1. The van der Waals surface area contributed by atoms with Crippen molar-refractivity contribution in [3.05, 3.63) is 42.0 Å². The van der Waals surface area contributed by atoms with E-state index in [2.05, 4.69) is 12.2 Å². The van der Waals surface area contributed by atoms with Gasteiger partial charge in [0.2, 0.25) is 11.8 Å². The Morgan fingerprint density at radius 3 is 2.25 bits per heavy atom. The standard InChI is InChI=1S/C22H21NO5/c1-11(24)12-4-2-3-5-17(12)28-18(25)8-9-23-21(26)19-13-6-7-14(16-10-15(13)16)20(19)22(23)27/h2-7,13-16,19-20H,8-10H2,1H3/t13-,14+,15-,16-,19+,20+/m1/s1. The lowest BCUT2D eigenvalue weighted by Gasteiger charge is -2.37. The monoisotopic (exact) mass is 379 g/mol. The third-order valence-electron chi connectivity index (χ3n) is 6.78. The average molecular weight is 379 g/mol. The second kappa shape index (κ2) is 6.12. The predicted molar refractivity (Wildman–Crippen MR) is 98.1 cm³/mol. The van der Waals surface area contributed by atoms with Gasteiger partial charge in [0.1, 0.15) is 5.75 Å². The van der Waals surface area contributed by atoms with Crippen molar-refractivity contribution in [1.82, 2.24) is 4.90 Å². The molecular formula is C22H21NO5. The zero-order valence-corrected chi connectivity index (χ0v) is 15.5. The van der Waals surface area contributed by atoms with Crippen LogP contribution in [0.3, 0.4) is 0 Å². The van der Waals surface area contributed by atoms with E-state index in [1.807, 2.05) is 0 Å². The van der Waals surface area contributed by atoms with E-state index >= 15 is 0 Å². The molecule has 144 valence electrons. The van der Waals surface area contributed by atoms with Gasteiger partial charge in [-0.05, 0) is 49.1 Å². The smallest absolute Gasteiger partial charge is 0.313 e. The molecule has 1 aliphatic heterocycles. The molecule has 6 atom stereocenters. The summed E-state index contributed by atoms with van der Waals surface area (Å²) >= 11 is 0. The van der Waals surface area contributed by atoms with Crippen LogP contribution in [0.4, 0.5) is 0 Å². The van der Waals surface area contributed by atoms with Crippen molar-refractivity contribution in [2.75, 3.05) is 6.54 Å². The number of hydrogen-bond acceptors (Lipinski definition) is 5. The number of carbonyl (C=O) groups excluding carboxylic acids is 4. The highest BCUT2D eigenvalue weighted by molar-refractivity contribution is 6.06. The zero-order valence-electron chi connectivity index (χ0n) is 15.5. The molecule has 5 aliphatic rings. The normalized spacial score (nSPS) is 34.2. The Morgan fingerprint density at radius 1 is 1.04 bits per heavy atom. The number of imide groups is 1. The Labute approximate surface area is 162 Å². The van der Waals surface area contributed by atoms with Crippen molar-refractivity contribution < 1.29 is 23.9 Å². The fraction of sp³-hybridized carbons (Fsp3) is 0.455. The topological polar surface area (TPSA) is 80.8 Å². The van der Waals surface area contributed by atoms with E-state index in [9.17, 15) is 19.2 Å². The summed E-state index contributed by atoms with van der Waals surface area (Å²) in [5, 5.41) is 0. The van der Waals surface area contributed by atoms with Crippen molar-refractivity contribution >= 4 is 23.6 Å². The van der Waals surface area contributed by atoms with Crippen LogP contribution in [-0.4, -0.2) is 35.0 Å². The quantitative estimate of drug-likeness (QED) is 0.258. The van der Waals surface area contributed by atoms with Gasteiger partial charge in [-0.25, -0.2) is 0 Å².